The number of nitrogens with zero attached hydrogens (tertiary/aromatic N) is 3. The van der Waals surface area contributed by atoms with Gasteiger partial charge in [0.15, 0.2) is 5.72 Å². The first-order valence-corrected chi connectivity index (χ1v) is 9.50. The molecule has 1 aliphatic rings. The van der Waals surface area contributed by atoms with Gasteiger partial charge in [0.2, 0.25) is 0 Å². The van der Waals surface area contributed by atoms with Crippen molar-refractivity contribution in [3.8, 4) is 0 Å². The average molecular weight is 380 g/mol. The molecular weight excluding hydrogens is 354 g/mol. The van der Waals surface area contributed by atoms with Crippen LogP contribution in [0.25, 0.3) is 10.4 Å². The minimum Gasteiger partial charge on any atom is -0.360 e. The molecule has 0 aromatic heterocycles. The molecule has 1 fully saturated rings. The number of alkyl halides is 1. The van der Waals surface area contributed by atoms with E-state index in [1.807, 2.05) is 30.3 Å². The Hall–Kier alpha value is -1.03. The lowest BCUT2D eigenvalue weighted by atomic mass is 9.75. The summed E-state index contributed by atoms with van der Waals surface area (Å²) in [5.74, 6) is 1.70. The molecular formula is C18H26BrN3O. The number of benzene rings is 1. The van der Waals surface area contributed by atoms with E-state index in [-0.39, 0.29) is 6.10 Å². The lowest BCUT2D eigenvalue weighted by Crippen LogP contribution is -2.41. The van der Waals surface area contributed by atoms with Crippen LogP contribution in [-0.2, 0) is 10.5 Å². The minimum atomic E-state index is -0.981. The first kappa shape index (κ1) is 18.3. The first-order chi connectivity index (χ1) is 11.0. The summed E-state index contributed by atoms with van der Waals surface area (Å²) < 4.78 is 6.53. The van der Waals surface area contributed by atoms with Gasteiger partial charge in [0.1, 0.15) is 0 Å². The second kappa shape index (κ2) is 8.18. The molecule has 0 aliphatic heterocycles. The highest BCUT2D eigenvalue weighted by molar-refractivity contribution is 9.09. The van der Waals surface area contributed by atoms with E-state index in [9.17, 15) is 0 Å². The van der Waals surface area contributed by atoms with Crippen LogP contribution >= 0.6 is 15.9 Å². The number of ether oxygens (including phenoxy) is 1. The van der Waals surface area contributed by atoms with Crippen molar-refractivity contribution in [1.29, 1.82) is 0 Å². The van der Waals surface area contributed by atoms with Crippen molar-refractivity contribution in [2.24, 2.45) is 22.9 Å². The summed E-state index contributed by atoms with van der Waals surface area (Å²) in [6, 6.07) is 9.79. The van der Waals surface area contributed by atoms with E-state index in [4.69, 9.17) is 10.3 Å². The van der Waals surface area contributed by atoms with Crippen LogP contribution in [0.4, 0.5) is 0 Å². The van der Waals surface area contributed by atoms with E-state index in [1.165, 1.54) is 12.8 Å². The first-order valence-electron chi connectivity index (χ1n) is 8.38. The standard InChI is InChI=1S/C18H26BrN3O/c1-13(2)16-10-9-14(3)11-17(16)23-18(12-19,21-22-20)15-7-5-4-6-8-15/h4-8,13-14,16-17H,9-12H2,1-3H3/t14-,16+,17-,18?/m1/s1. The van der Waals surface area contributed by atoms with Crippen molar-refractivity contribution in [2.75, 3.05) is 5.33 Å². The highest BCUT2D eigenvalue weighted by Gasteiger charge is 2.39. The van der Waals surface area contributed by atoms with Gasteiger partial charge in [-0.3, -0.25) is 0 Å². The summed E-state index contributed by atoms with van der Waals surface area (Å²) in [6.07, 6.45) is 3.55. The van der Waals surface area contributed by atoms with Crippen LogP contribution in [0.3, 0.4) is 0 Å². The lowest BCUT2D eigenvalue weighted by molar-refractivity contribution is -0.130. The van der Waals surface area contributed by atoms with Gasteiger partial charge >= 0.3 is 0 Å². The summed E-state index contributed by atoms with van der Waals surface area (Å²) in [6.45, 7) is 6.78. The Morgan fingerprint density at radius 3 is 2.61 bits per heavy atom. The van der Waals surface area contributed by atoms with Crippen LogP contribution in [0.2, 0.25) is 0 Å². The number of halogens is 1. The average Bonchev–Trinajstić information content (AvgIpc) is 2.55. The Morgan fingerprint density at radius 1 is 1.35 bits per heavy atom. The van der Waals surface area contributed by atoms with Crippen LogP contribution in [0, 0.1) is 17.8 Å². The molecule has 1 aliphatic carbocycles. The van der Waals surface area contributed by atoms with Gasteiger partial charge in [0.05, 0.1) is 6.10 Å². The van der Waals surface area contributed by atoms with Gasteiger partial charge < -0.3 is 4.74 Å². The van der Waals surface area contributed by atoms with E-state index in [2.05, 4.69) is 46.7 Å². The fourth-order valence-corrected chi connectivity index (χ4v) is 4.12. The maximum absolute atomic E-state index is 9.11. The van der Waals surface area contributed by atoms with Crippen LogP contribution < -0.4 is 0 Å². The fourth-order valence-electron chi connectivity index (χ4n) is 3.56. The Balaban J connectivity index is 2.34. The number of hydrogen-bond acceptors (Lipinski definition) is 2. The molecule has 2 rings (SSSR count). The zero-order chi connectivity index (χ0) is 16.9. The van der Waals surface area contributed by atoms with E-state index in [0.717, 1.165) is 12.0 Å². The molecule has 126 valence electrons. The molecule has 4 nitrogen and oxygen atoms in total. The van der Waals surface area contributed by atoms with Gasteiger partial charge in [-0.1, -0.05) is 78.6 Å². The van der Waals surface area contributed by atoms with Crippen LogP contribution in [0.5, 0.6) is 0 Å². The maximum Gasteiger partial charge on any atom is 0.181 e. The fraction of sp³-hybridized carbons (Fsp3) is 0.667. The Kier molecular flexibility index (Phi) is 6.51. The molecule has 0 spiro atoms. The largest absolute Gasteiger partial charge is 0.360 e. The van der Waals surface area contributed by atoms with Crippen molar-refractivity contribution < 1.29 is 4.74 Å². The molecule has 1 aromatic carbocycles. The molecule has 0 saturated heterocycles. The molecule has 5 heteroatoms. The number of azide groups is 1. The van der Waals surface area contributed by atoms with Crippen LogP contribution in [0.1, 0.15) is 45.6 Å². The predicted molar refractivity (Wildman–Crippen MR) is 97.3 cm³/mol. The molecule has 1 saturated carbocycles. The SMILES string of the molecule is CC(C)[C@@H]1CC[C@@H](C)C[C@H]1OC(CBr)(N=[N+]=[N-])c1ccccc1. The Labute approximate surface area is 147 Å². The zero-order valence-corrected chi connectivity index (χ0v) is 15.7. The van der Waals surface area contributed by atoms with E-state index < -0.39 is 5.72 Å². The molecule has 23 heavy (non-hydrogen) atoms. The molecule has 0 bridgehead atoms. The van der Waals surface area contributed by atoms with Gasteiger partial charge in [0.25, 0.3) is 0 Å². The molecule has 0 amide bonds. The quantitative estimate of drug-likeness (QED) is 0.258. The number of rotatable bonds is 6. The minimum absolute atomic E-state index is 0.113. The molecule has 4 atom stereocenters. The van der Waals surface area contributed by atoms with Crippen molar-refractivity contribution >= 4 is 15.9 Å². The van der Waals surface area contributed by atoms with E-state index >= 15 is 0 Å². The molecule has 1 unspecified atom stereocenters. The summed E-state index contributed by atoms with van der Waals surface area (Å²) in [5, 5.41) is 4.52. The molecule has 0 N–H and O–H groups in total. The zero-order valence-electron chi connectivity index (χ0n) is 14.2. The topological polar surface area (TPSA) is 58.0 Å². The Morgan fingerprint density at radius 2 is 2.04 bits per heavy atom. The van der Waals surface area contributed by atoms with Crippen molar-refractivity contribution in [3.63, 3.8) is 0 Å². The number of hydrogen-bond donors (Lipinski definition) is 0. The smallest absolute Gasteiger partial charge is 0.181 e. The molecule has 0 heterocycles. The lowest BCUT2D eigenvalue weighted by Gasteiger charge is -2.42. The molecule has 1 aromatic rings. The summed E-state index contributed by atoms with van der Waals surface area (Å²) in [7, 11) is 0. The van der Waals surface area contributed by atoms with Gasteiger partial charge in [-0.25, -0.2) is 0 Å². The van der Waals surface area contributed by atoms with E-state index in [1.54, 1.807) is 0 Å². The van der Waals surface area contributed by atoms with Gasteiger partial charge in [-0.05, 0) is 41.7 Å². The molecule has 0 radical (unpaired) electrons. The van der Waals surface area contributed by atoms with Crippen LogP contribution in [0.15, 0.2) is 35.4 Å². The van der Waals surface area contributed by atoms with Crippen molar-refractivity contribution in [2.45, 2.75) is 51.9 Å². The third-order valence-corrected chi connectivity index (χ3v) is 5.68. The van der Waals surface area contributed by atoms with Gasteiger partial charge in [-0.15, -0.1) is 0 Å². The van der Waals surface area contributed by atoms with Crippen LogP contribution in [-0.4, -0.2) is 11.4 Å². The maximum atomic E-state index is 9.11. The third-order valence-electron chi connectivity index (χ3n) is 4.92. The summed E-state index contributed by atoms with van der Waals surface area (Å²) in [4.78, 5) is 3.08. The van der Waals surface area contributed by atoms with Crippen molar-refractivity contribution in [3.05, 3.63) is 46.3 Å². The summed E-state index contributed by atoms with van der Waals surface area (Å²) >= 11 is 3.52. The second-order valence-corrected chi connectivity index (χ2v) is 7.52. The highest BCUT2D eigenvalue weighted by atomic mass is 79.9. The third kappa shape index (κ3) is 4.28. The monoisotopic (exact) mass is 379 g/mol. The normalized spacial score (nSPS) is 27.3. The Bertz CT molecular complexity index is 544. The van der Waals surface area contributed by atoms with E-state index in [0.29, 0.717) is 23.1 Å². The van der Waals surface area contributed by atoms with Gasteiger partial charge in [0, 0.05) is 10.2 Å². The predicted octanol–water partition coefficient (Wildman–Crippen LogP) is 6.02. The van der Waals surface area contributed by atoms with Crippen molar-refractivity contribution in [1.82, 2.24) is 0 Å². The second-order valence-electron chi connectivity index (χ2n) is 6.96. The van der Waals surface area contributed by atoms with Gasteiger partial charge in [-0.2, -0.15) is 0 Å². The highest BCUT2D eigenvalue weighted by Crippen LogP contribution is 2.41. The summed E-state index contributed by atoms with van der Waals surface area (Å²) in [5.41, 5.74) is 9.03.